The Hall–Kier alpha value is -2.37. The maximum absolute atomic E-state index is 12.7. The average molecular weight is 435 g/mol. The molecule has 2 unspecified atom stereocenters. The van der Waals surface area contributed by atoms with E-state index < -0.39 is 17.4 Å². The van der Waals surface area contributed by atoms with E-state index in [0.29, 0.717) is 31.0 Å². The lowest BCUT2D eigenvalue weighted by atomic mass is 9.69. The molecule has 3 N–H and O–H groups in total. The van der Waals surface area contributed by atoms with E-state index in [-0.39, 0.29) is 18.0 Å². The van der Waals surface area contributed by atoms with Crippen LogP contribution in [0.3, 0.4) is 0 Å². The molecule has 8 heteroatoms. The van der Waals surface area contributed by atoms with Gasteiger partial charge in [-0.1, -0.05) is 26.7 Å². The lowest BCUT2D eigenvalue weighted by Gasteiger charge is -2.49. The molecule has 2 rings (SSSR count). The zero-order valence-electron chi connectivity index (χ0n) is 17.9. The first-order chi connectivity index (χ1) is 14.1. The molecule has 2 atom stereocenters. The van der Waals surface area contributed by atoms with E-state index >= 15 is 0 Å². The number of amides is 2. The Morgan fingerprint density at radius 2 is 2.00 bits per heavy atom. The van der Waals surface area contributed by atoms with E-state index in [4.69, 9.17) is 4.74 Å². The van der Waals surface area contributed by atoms with E-state index in [2.05, 4.69) is 11.8 Å². The number of nitrogens with zero attached hydrogens (tertiary/aromatic N) is 1. The molecule has 0 aromatic heterocycles. The SMILES string of the molecule is CC#CCOc1ccc(SCC2(C(=O)NO)CCN(C(=O)O)C(C(C)(C)C)C2)cc1. The predicted molar refractivity (Wildman–Crippen MR) is 116 cm³/mol. The molecule has 1 aliphatic heterocycles. The summed E-state index contributed by atoms with van der Waals surface area (Å²) in [6, 6.07) is 7.19. The van der Waals surface area contributed by atoms with Crippen molar-refractivity contribution in [2.45, 2.75) is 51.5 Å². The van der Waals surface area contributed by atoms with Crippen LogP contribution in [-0.2, 0) is 4.79 Å². The molecule has 30 heavy (non-hydrogen) atoms. The van der Waals surface area contributed by atoms with Crippen LogP contribution in [0, 0.1) is 22.7 Å². The van der Waals surface area contributed by atoms with Gasteiger partial charge in [-0.2, -0.15) is 0 Å². The zero-order valence-corrected chi connectivity index (χ0v) is 18.7. The van der Waals surface area contributed by atoms with Gasteiger partial charge >= 0.3 is 6.09 Å². The topological polar surface area (TPSA) is 99.1 Å². The van der Waals surface area contributed by atoms with Gasteiger partial charge in [0.25, 0.3) is 5.91 Å². The number of thioether (sulfide) groups is 1. The van der Waals surface area contributed by atoms with Crippen LogP contribution >= 0.6 is 11.8 Å². The number of likely N-dealkylation sites (tertiary alicyclic amines) is 1. The minimum absolute atomic E-state index is 0.247. The molecule has 0 bridgehead atoms. The van der Waals surface area contributed by atoms with Crippen molar-refractivity contribution in [1.29, 1.82) is 0 Å². The molecule has 2 amide bonds. The number of carboxylic acid groups (broad SMARTS) is 1. The second-order valence-corrected chi connectivity index (χ2v) is 9.56. The Bertz CT molecular complexity index is 810. The Labute approximate surface area is 182 Å². The first kappa shape index (κ1) is 23.9. The van der Waals surface area contributed by atoms with Gasteiger partial charge in [0.05, 0.1) is 5.41 Å². The van der Waals surface area contributed by atoms with E-state index in [1.54, 1.807) is 6.92 Å². The highest BCUT2D eigenvalue weighted by atomic mass is 32.2. The Balaban J connectivity index is 2.16. The first-order valence-corrected chi connectivity index (χ1v) is 10.8. The summed E-state index contributed by atoms with van der Waals surface area (Å²) >= 11 is 1.51. The van der Waals surface area contributed by atoms with Crippen LogP contribution in [-0.4, -0.2) is 52.2 Å². The molecular weight excluding hydrogens is 404 g/mol. The van der Waals surface area contributed by atoms with Gasteiger partial charge in [-0.15, -0.1) is 17.7 Å². The van der Waals surface area contributed by atoms with E-state index in [0.717, 1.165) is 4.90 Å². The molecule has 1 fully saturated rings. The van der Waals surface area contributed by atoms with Crippen molar-refractivity contribution < 1.29 is 24.6 Å². The maximum atomic E-state index is 12.7. The number of nitrogens with one attached hydrogen (secondary N) is 1. The number of hydroxylamine groups is 1. The summed E-state index contributed by atoms with van der Waals surface area (Å²) in [6.07, 6.45) is -0.287. The van der Waals surface area contributed by atoms with Crippen molar-refractivity contribution in [3.05, 3.63) is 24.3 Å². The smallest absolute Gasteiger partial charge is 0.407 e. The third-order valence-corrected chi connectivity index (χ3v) is 6.75. The lowest BCUT2D eigenvalue weighted by Crippen LogP contribution is -2.58. The van der Waals surface area contributed by atoms with Gasteiger partial charge in [0.2, 0.25) is 0 Å². The standard InChI is InChI=1S/C22H30N2O5S/c1-5-6-13-29-16-7-9-17(10-8-16)30-15-22(19(25)23-28)11-12-24(20(26)27)18(14-22)21(2,3)4/h7-10,18,28H,11-15H2,1-4H3,(H,23,25)(H,26,27). The van der Waals surface area contributed by atoms with Gasteiger partial charge in [-0.3, -0.25) is 10.0 Å². The van der Waals surface area contributed by atoms with Crippen molar-refractivity contribution >= 4 is 23.8 Å². The minimum Gasteiger partial charge on any atom is -0.481 e. The number of ether oxygens (including phenoxy) is 1. The van der Waals surface area contributed by atoms with Gasteiger partial charge in [0.15, 0.2) is 0 Å². The molecule has 1 heterocycles. The fraction of sp³-hybridized carbons (Fsp3) is 0.545. The second-order valence-electron chi connectivity index (χ2n) is 8.51. The second kappa shape index (κ2) is 10.1. The van der Waals surface area contributed by atoms with Crippen molar-refractivity contribution in [1.82, 2.24) is 10.4 Å². The number of benzene rings is 1. The molecule has 0 spiro atoms. The minimum atomic E-state index is -0.982. The molecule has 7 nitrogen and oxygen atoms in total. The molecule has 1 aromatic carbocycles. The van der Waals surface area contributed by atoms with Gasteiger partial charge in [-0.25, -0.2) is 10.3 Å². The molecule has 0 aliphatic carbocycles. The van der Waals surface area contributed by atoms with Gasteiger partial charge in [0.1, 0.15) is 12.4 Å². The third kappa shape index (κ3) is 5.83. The van der Waals surface area contributed by atoms with E-state index in [1.807, 2.05) is 50.5 Å². The number of piperidine rings is 1. The van der Waals surface area contributed by atoms with Crippen LogP contribution in [0.2, 0.25) is 0 Å². The summed E-state index contributed by atoms with van der Waals surface area (Å²) in [5, 5.41) is 19.0. The van der Waals surface area contributed by atoms with Crippen molar-refractivity contribution in [2.24, 2.45) is 10.8 Å². The van der Waals surface area contributed by atoms with Gasteiger partial charge in [0, 0.05) is 23.2 Å². The van der Waals surface area contributed by atoms with Crippen LogP contribution in [0.1, 0.15) is 40.5 Å². The molecule has 1 saturated heterocycles. The summed E-state index contributed by atoms with van der Waals surface area (Å²) in [5.41, 5.74) is 0.606. The highest BCUT2D eigenvalue weighted by Gasteiger charge is 2.49. The van der Waals surface area contributed by atoms with Gasteiger partial charge in [-0.05, 0) is 49.4 Å². The highest BCUT2D eigenvalue weighted by Crippen LogP contribution is 2.44. The Morgan fingerprint density at radius 1 is 1.33 bits per heavy atom. The molecular formula is C22H30N2O5S. The van der Waals surface area contributed by atoms with Crippen LogP contribution < -0.4 is 10.2 Å². The van der Waals surface area contributed by atoms with E-state index in [1.165, 1.54) is 16.7 Å². The predicted octanol–water partition coefficient (Wildman–Crippen LogP) is 3.86. The summed E-state index contributed by atoms with van der Waals surface area (Å²) in [5.74, 6) is 6.29. The Morgan fingerprint density at radius 3 is 2.53 bits per heavy atom. The largest absolute Gasteiger partial charge is 0.481 e. The maximum Gasteiger partial charge on any atom is 0.407 e. The molecule has 164 valence electrons. The van der Waals surface area contributed by atoms with Gasteiger partial charge < -0.3 is 14.7 Å². The molecule has 1 aromatic rings. The van der Waals surface area contributed by atoms with Crippen LogP contribution in [0.5, 0.6) is 5.75 Å². The third-order valence-electron chi connectivity index (χ3n) is 5.45. The summed E-state index contributed by atoms with van der Waals surface area (Å²) < 4.78 is 5.52. The van der Waals surface area contributed by atoms with Crippen molar-refractivity contribution in [3.63, 3.8) is 0 Å². The zero-order chi connectivity index (χ0) is 22.4. The number of hydrogen-bond acceptors (Lipinski definition) is 5. The number of rotatable bonds is 6. The normalized spacial score (nSPS) is 21.4. The lowest BCUT2D eigenvalue weighted by molar-refractivity contribution is -0.143. The van der Waals surface area contributed by atoms with E-state index in [9.17, 15) is 19.9 Å². The number of carbonyl (C=O) groups is 2. The first-order valence-electron chi connectivity index (χ1n) is 9.82. The van der Waals surface area contributed by atoms with Crippen molar-refractivity contribution in [2.75, 3.05) is 18.9 Å². The summed E-state index contributed by atoms with van der Waals surface area (Å²) in [7, 11) is 0. The fourth-order valence-electron chi connectivity index (χ4n) is 3.64. The van der Waals surface area contributed by atoms with Crippen LogP contribution in [0.4, 0.5) is 4.79 Å². The quantitative estimate of drug-likeness (QED) is 0.272. The van der Waals surface area contributed by atoms with Crippen LogP contribution in [0.15, 0.2) is 29.2 Å². The summed E-state index contributed by atoms with van der Waals surface area (Å²) in [4.78, 5) is 26.8. The highest BCUT2D eigenvalue weighted by molar-refractivity contribution is 7.99. The average Bonchev–Trinajstić information content (AvgIpc) is 2.71. The van der Waals surface area contributed by atoms with Crippen molar-refractivity contribution in [3.8, 4) is 17.6 Å². The van der Waals surface area contributed by atoms with Crippen LogP contribution in [0.25, 0.3) is 0 Å². The number of hydrogen-bond donors (Lipinski definition) is 3. The Kier molecular flexibility index (Phi) is 8.04. The fourth-order valence-corrected chi connectivity index (χ4v) is 4.81. The number of carbonyl (C=O) groups excluding carboxylic acids is 1. The summed E-state index contributed by atoms with van der Waals surface area (Å²) in [6.45, 7) is 8.24. The molecule has 0 radical (unpaired) electrons. The molecule has 0 saturated carbocycles. The molecule has 1 aliphatic rings. The monoisotopic (exact) mass is 434 g/mol.